The molecule has 3 heterocycles. The molecule has 1 fully saturated rings. The predicted octanol–water partition coefficient (Wildman–Crippen LogP) is 0.951. The molecule has 2 aromatic carbocycles. The van der Waals surface area contributed by atoms with Gasteiger partial charge < -0.3 is 31.3 Å². The van der Waals surface area contributed by atoms with Crippen molar-refractivity contribution in [2.45, 2.75) is 56.3 Å². The Morgan fingerprint density at radius 1 is 0.978 bits per heavy atom. The van der Waals surface area contributed by atoms with Crippen LogP contribution in [0.2, 0.25) is 0 Å². The number of carbonyl (C=O) groups excluding carboxylic acids is 5. The minimum absolute atomic E-state index is 0.0338. The Hall–Kier alpha value is -5.33. The molecule has 2 aliphatic heterocycles. The Labute approximate surface area is 264 Å². The van der Waals surface area contributed by atoms with E-state index in [1.165, 1.54) is 13.1 Å². The summed E-state index contributed by atoms with van der Waals surface area (Å²) in [5, 5.41) is 13.6. The maximum atomic E-state index is 13.7. The van der Waals surface area contributed by atoms with Crippen molar-refractivity contribution >= 4 is 29.5 Å². The Balaban J connectivity index is 1.39. The minimum atomic E-state index is -1.16. The Morgan fingerprint density at radius 3 is 2.41 bits per heavy atom. The lowest BCUT2D eigenvalue weighted by Crippen LogP contribution is -2.59. The highest BCUT2D eigenvalue weighted by Gasteiger charge is 2.51. The number of halogens is 1. The summed E-state index contributed by atoms with van der Waals surface area (Å²) in [5.41, 5.74) is 0.284. The van der Waals surface area contributed by atoms with E-state index in [-0.39, 0.29) is 37.5 Å². The number of amides is 5. The highest BCUT2D eigenvalue weighted by atomic mass is 19.1. The lowest BCUT2D eigenvalue weighted by molar-refractivity contribution is -0.134. The monoisotopic (exact) mass is 630 g/mol. The van der Waals surface area contributed by atoms with Crippen LogP contribution in [-0.2, 0) is 32.0 Å². The van der Waals surface area contributed by atoms with E-state index < -0.39 is 53.1 Å². The second kappa shape index (κ2) is 14.2. The molecule has 0 saturated heterocycles. The van der Waals surface area contributed by atoms with Crippen molar-refractivity contribution in [2.75, 3.05) is 13.2 Å². The molecule has 1 aliphatic carbocycles. The largest absolute Gasteiger partial charge is 0.492 e. The first kappa shape index (κ1) is 32.1. The molecule has 3 aromatic rings. The summed E-state index contributed by atoms with van der Waals surface area (Å²) in [6.45, 7) is 1.82. The van der Waals surface area contributed by atoms with Crippen LogP contribution in [0.15, 0.2) is 73.1 Å². The molecule has 0 radical (unpaired) electrons. The zero-order valence-corrected chi connectivity index (χ0v) is 25.2. The Bertz CT molecular complexity index is 1600. The number of pyridine rings is 1. The van der Waals surface area contributed by atoms with E-state index in [1.54, 1.807) is 24.3 Å². The molecule has 46 heavy (non-hydrogen) atoms. The van der Waals surface area contributed by atoms with E-state index in [0.717, 1.165) is 17.8 Å². The van der Waals surface area contributed by atoms with Gasteiger partial charge in [-0.25, -0.2) is 4.39 Å². The molecule has 2 bridgehead atoms. The van der Waals surface area contributed by atoms with Crippen molar-refractivity contribution < 1.29 is 33.1 Å². The highest BCUT2D eigenvalue weighted by Crippen LogP contribution is 2.35. The van der Waals surface area contributed by atoms with Crippen LogP contribution in [-0.4, -0.2) is 71.3 Å². The summed E-state index contributed by atoms with van der Waals surface area (Å²) in [5.74, 6) is -3.11. The van der Waals surface area contributed by atoms with Crippen LogP contribution in [0.3, 0.4) is 0 Å². The number of benzene rings is 2. The van der Waals surface area contributed by atoms with Gasteiger partial charge in [-0.3, -0.25) is 29.0 Å². The zero-order valence-electron chi connectivity index (χ0n) is 25.2. The summed E-state index contributed by atoms with van der Waals surface area (Å²) in [6.07, 6.45) is 3.20. The molecule has 1 saturated carbocycles. The maximum Gasteiger partial charge on any atom is 0.253 e. The first-order valence-corrected chi connectivity index (χ1v) is 15.0. The predicted molar refractivity (Wildman–Crippen MR) is 164 cm³/mol. The molecule has 1 spiro atoms. The van der Waals surface area contributed by atoms with Gasteiger partial charge in [0.15, 0.2) is 0 Å². The third-order valence-electron chi connectivity index (χ3n) is 7.82. The van der Waals surface area contributed by atoms with Crippen molar-refractivity contribution in [3.05, 3.63) is 95.6 Å². The van der Waals surface area contributed by atoms with Crippen LogP contribution in [0.4, 0.5) is 4.39 Å². The van der Waals surface area contributed by atoms with Crippen LogP contribution in [0.25, 0.3) is 0 Å². The quantitative estimate of drug-likeness (QED) is 0.268. The fraction of sp³-hybridized carbons (Fsp3) is 0.333. The molecule has 240 valence electrons. The Morgan fingerprint density at radius 2 is 1.72 bits per heavy atom. The van der Waals surface area contributed by atoms with Gasteiger partial charge in [0.05, 0.1) is 18.3 Å². The topological polar surface area (TPSA) is 168 Å². The third kappa shape index (κ3) is 8.23. The van der Waals surface area contributed by atoms with E-state index in [1.807, 2.05) is 30.3 Å². The van der Waals surface area contributed by atoms with E-state index in [9.17, 15) is 28.4 Å². The number of nitrogens with zero attached hydrogens (tertiary/aromatic N) is 1. The number of ether oxygens (including phenoxy) is 1. The van der Waals surface area contributed by atoms with E-state index >= 15 is 0 Å². The molecular weight excluding hydrogens is 595 g/mol. The van der Waals surface area contributed by atoms with Gasteiger partial charge in [-0.05, 0) is 49.1 Å². The number of hydrogen-bond donors (Lipinski definition) is 5. The van der Waals surface area contributed by atoms with Crippen LogP contribution in [0.1, 0.15) is 41.3 Å². The lowest BCUT2D eigenvalue weighted by atomic mass is 10.0. The van der Waals surface area contributed by atoms with Gasteiger partial charge in [-0.2, -0.15) is 0 Å². The van der Waals surface area contributed by atoms with E-state index in [2.05, 4.69) is 31.6 Å². The molecule has 6 rings (SSSR count). The van der Waals surface area contributed by atoms with Gasteiger partial charge in [-0.1, -0.05) is 42.5 Å². The number of hydrogen-bond acceptors (Lipinski definition) is 7. The summed E-state index contributed by atoms with van der Waals surface area (Å²) in [4.78, 5) is 70.1. The SMILES string of the molecule is C[C@@H]1NC(=O)[C@@H](NC(=O)c2cncc(F)c2)Cc2ccc(cc2)OCCNC(=O)C2(CC2)NC(=O)[C@@H](Cc2ccccc2)NC1=O. The first-order valence-electron chi connectivity index (χ1n) is 15.0. The van der Waals surface area contributed by atoms with Crippen LogP contribution in [0.5, 0.6) is 5.75 Å². The number of fused-ring (bicyclic) bond motifs is 15. The number of nitrogens with one attached hydrogen (secondary N) is 5. The molecule has 3 aliphatic rings. The fourth-order valence-electron chi connectivity index (χ4n) is 5.04. The van der Waals surface area contributed by atoms with Gasteiger partial charge in [0.1, 0.15) is 41.8 Å². The number of aromatic nitrogens is 1. The maximum absolute atomic E-state index is 13.7. The molecule has 5 amide bonds. The molecule has 3 atom stereocenters. The van der Waals surface area contributed by atoms with Gasteiger partial charge in [0, 0.05) is 19.0 Å². The second-order valence-electron chi connectivity index (χ2n) is 11.4. The molecule has 13 heteroatoms. The van der Waals surface area contributed by atoms with Crippen LogP contribution < -0.4 is 31.3 Å². The van der Waals surface area contributed by atoms with E-state index in [0.29, 0.717) is 24.2 Å². The highest BCUT2D eigenvalue weighted by molar-refractivity contribution is 5.99. The molecule has 12 nitrogen and oxygen atoms in total. The summed E-state index contributed by atoms with van der Waals surface area (Å²) < 4.78 is 19.5. The number of carbonyl (C=O) groups is 5. The molecule has 1 aromatic heterocycles. The summed E-state index contributed by atoms with van der Waals surface area (Å²) in [6, 6.07) is 13.6. The second-order valence-corrected chi connectivity index (χ2v) is 11.4. The Kier molecular flexibility index (Phi) is 9.89. The molecule has 0 unspecified atom stereocenters. The first-order chi connectivity index (χ1) is 22.1. The van der Waals surface area contributed by atoms with Crippen LogP contribution in [0, 0.1) is 5.82 Å². The van der Waals surface area contributed by atoms with Gasteiger partial charge in [0.2, 0.25) is 23.6 Å². The van der Waals surface area contributed by atoms with Gasteiger partial charge in [0.25, 0.3) is 5.91 Å². The molecular formula is C33H35FN6O6. The standard InChI is InChI=1S/C33H35FN6O6/c1-20-28(41)38-27(15-21-5-3-2-4-6-21)31(44)40-33(11-12-33)32(45)36-13-14-46-25-9-7-22(8-10-25)16-26(30(43)37-20)39-29(42)23-17-24(34)19-35-18-23/h2-10,17-20,26-27H,11-16H2,1H3,(H,36,45)(H,37,43)(H,38,41)(H,39,42)(H,40,44)/t20-,26-,27+/m0/s1. The van der Waals surface area contributed by atoms with Crippen LogP contribution >= 0.6 is 0 Å². The number of rotatable bonds is 4. The van der Waals surface area contributed by atoms with Crippen molar-refractivity contribution in [1.29, 1.82) is 0 Å². The third-order valence-corrected chi connectivity index (χ3v) is 7.82. The molecule has 5 N–H and O–H groups in total. The van der Waals surface area contributed by atoms with Gasteiger partial charge >= 0.3 is 0 Å². The van der Waals surface area contributed by atoms with Crippen molar-refractivity contribution in [2.24, 2.45) is 0 Å². The van der Waals surface area contributed by atoms with Crippen molar-refractivity contribution in [3.63, 3.8) is 0 Å². The van der Waals surface area contributed by atoms with Gasteiger partial charge in [-0.15, -0.1) is 0 Å². The average molecular weight is 631 g/mol. The van der Waals surface area contributed by atoms with Crippen molar-refractivity contribution in [3.8, 4) is 5.75 Å². The lowest BCUT2D eigenvalue weighted by Gasteiger charge is -2.25. The minimum Gasteiger partial charge on any atom is -0.492 e. The fourth-order valence-corrected chi connectivity index (χ4v) is 5.04. The van der Waals surface area contributed by atoms with E-state index in [4.69, 9.17) is 4.74 Å². The smallest absolute Gasteiger partial charge is 0.253 e. The normalized spacial score (nSPS) is 22.0. The van der Waals surface area contributed by atoms with Crippen molar-refractivity contribution in [1.82, 2.24) is 31.6 Å². The summed E-state index contributed by atoms with van der Waals surface area (Å²) >= 11 is 0. The summed E-state index contributed by atoms with van der Waals surface area (Å²) in [7, 11) is 0. The zero-order chi connectivity index (χ0) is 32.7. The average Bonchev–Trinajstić information content (AvgIpc) is 3.83.